The van der Waals surface area contributed by atoms with E-state index < -0.39 is 23.4 Å². The topological polar surface area (TPSA) is 151 Å². The first kappa shape index (κ1) is 33.3. The Kier molecular flexibility index (Phi) is 11.6. The maximum Gasteiger partial charge on any atom is 0.275 e. The maximum absolute atomic E-state index is 14.2. The third kappa shape index (κ3) is 8.30. The molecule has 0 aromatic heterocycles. The van der Waals surface area contributed by atoms with E-state index in [2.05, 4.69) is 5.32 Å². The molecule has 5 rings (SSSR count). The molecule has 1 saturated heterocycles. The zero-order chi connectivity index (χ0) is 31.6. The summed E-state index contributed by atoms with van der Waals surface area (Å²) in [6.45, 7) is 1.70. The predicted octanol–water partition coefficient (Wildman–Crippen LogP) is -0.0788. The lowest BCUT2D eigenvalue weighted by atomic mass is 10.2. The molecule has 4 aromatic carbocycles. The van der Waals surface area contributed by atoms with Gasteiger partial charge in [0, 0.05) is 18.7 Å². The van der Waals surface area contributed by atoms with E-state index in [-0.39, 0.29) is 11.6 Å². The molecule has 1 heterocycles. The van der Waals surface area contributed by atoms with Crippen LogP contribution in [0.2, 0.25) is 0 Å². The molecule has 0 spiro atoms. The Labute approximate surface area is 263 Å². The molecule has 2 amide bonds. The summed E-state index contributed by atoms with van der Waals surface area (Å²) in [7, 11) is -7.75. The van der Waals surface area contributed by atoms with Crippen molar-refractivity contribution in [3.8, 4) is 0 Å². The van der Waals surface area contributed by atoms with Gasteiger partial charge in [-0.1, -0.05) is 72.8 Å². The fraction of sp³-hybridized carbons (Fsp3) is 0.125. The fourth-order valence-electron chi connectivity index (χ4n) is 4.80. The van der Waals surface area contributed by atoms with Gasteiger partial charge in [0.2, 0.25) is 4.77 Å². The minimum atomic E-state index is -4.94. The molecule has 0 atom stereocenters. The number of ether oxygens (including phenoxy) is 1. The van der Waals surface area contributed by atoms with Crippen molar-refractivity contribution in [3.05, 3.63) is 137 Å². The first-order valence-electron chi connectivity index (χ1n) is 13.4. The van der Waals surface area contributed by atoms with Gasteiger partial charge in [0.25, 0.3) is 11.8 Å². The van der Waals surface area contributed by atoms with E-state index in [1.165, 1.54) is 0 Å². The molecule has 0 saturated carbocycles. The highest BCUT2D eigenvalue weighted by atomic mass is 35.7. The van der Waals surface area contributed by atoms with Crippen molar-refractivity contribution in [2.45, 2.75) is 0 Å². The number of carbonyl (C=O) groups is 2. The number of morpholine rings is 1. The average Bonchev–Trinajstić information content (AvgIpc) is 3.05. The lowest BCUT2D eigenvalue weighted by Gasteiger charge is -2.31. The van der Waals surface area contributed by atoms with Crippen molar-refractivity contribution in [2.75, 3.05) is 26.3 Å². The highest BCUT2D eigenvalue weighted by molar-refractivity contribution is 8.00. The number of halogens is 2. The van der Waals surface area contributed by atoms with E-state index >= 15 is 0 Å². The summed E-state index contributed by atoms with van der Waals surface area (Å²) < 4.78 is 39.8. The Balaban J connectivity index is 0.000000818. The Morgan fingerprint density at radius 3 is 1.43 bits per heavy atom. The van der Waals surface area contributed by atoms with E-state index in [4.69, 9.17) is 35.0 Å². The average molecular weight is 655 g/mol. The van der Waals surface area contributed by atoms with Gasteiger partial charge in [-0.15, -0.1) is 10.2 Å². The molecule has 0 radical (unpaired) electrons. The van der Waals surface area contributed by atoms with Gasteiger partial charge < -0.3 is 15.0 Å². The van der Waals surface area contributed by atoms with Crippen LogP contribution in [0.5, 0.6) is 0 Å². The molecule has 0 unspecified atom stereocenters. The second-order valence-corrected chi connectivity index (χ2v) is 14.2. The molecule has 1 aliphatic rings. The SMILES string of the molecule is O=C(N/C(C(=O)N1CCOCC1)=C(/Cl)[P+](c1ccccc1)(c1ccccc1)c1ccccc1)c1ccccc1.[O-][Cl+3]([O-])([O-])[O-]. The number of carbonyl (C=O) groups excluding carboxylic acids is 2. The quantitative estimate of drug-likeness (QED) is 0.216. The highest BCUT2D eigenvalue weighted by Crippen LogP contribution is 2.64. The molecule has 12 heteroatoms. The number of hydrogen-bond donors (Lipinski definition) is 1. The number of benzene rings is 4. The zero-order valence-electron chi connectivity index (χ0n) is 23.4. The van der Waals surface area contributed by atoms with E-state index in [9.17, 15) is 9.59 Å². The first-order chi connectivity index (χ1) is 21.1. The third-order valence-corrected chi connectivity index (χ3v) is 11.7. The van der Waals surface area contributed by atoms with Gasteiger partial charge in [0.15, 0.2) is 13.0 Å². The molecule has 1 aliphatic heterocycles. The van der Waals surface area contributed by atoms with Crippen molar-refractivity contribution >= 4 is 46.6 Å². The second kappa shape index (κ2) is 15.4. The number of nitrogens with zero attached hydrogens (tertiary/aromatic N) is 1. The van der Waals surface area contributed by atoms with Crippen molar-refractivity contribution in [2.24, 2.45) is 0 Å². The van der Waals surface area contributed by atoms with Crippen LogP contribution in [0, 0.1) is 10.2 Å². The summed E-state index contributed by atoms with van der Waals surface area (Å²) in [5, 5.41) is 5.89. The van der Waals surface area contributed by atoms with Gasteiger partial charge in [-0.05, 0) is 60.1 Å². The fourth-order valence-corrected chi connectivity index (χ4v) is 9.73. The molecule has 9 nitrogen and oxygen atoms in total. The maximum atomic E-state index is 14.2. The van der Waals surface area contributed by atoms with Gasteiger partial charge in [0.1, 0.15) is 15.9 Å². The zero-order valence-corrected chi connectivity index (χ0v) is 25.8. The largest absolute Gasteiger partial charge is 0.378 e. The van der Waals surface area contributed by atoms with Crippen molar-refractivity contribution < 1.29 is 43.2 Å². The first-order valence-corrected chi connectivity index (χ1v) is 16.8. The van der Waals surface area contributed by atoms with Crippen molar-refractivity contribution in [1.82, 2.24) is 10.2 Å². The van der Waals surface area contributed by atoms with Crippen LogP contribution in [0.4, 0.5) is 0 Å². The second-order valence-electron chi connectivity index (χ2n) is 9.45. The lowest BCUT2D eigenvalue weighted by Crippen LogP contribution is -2.68. The van der Waals surface area contributed by atoms with Crippen molar-refractivity contribution in [3.63, 3.8) is 0 Å². The van der Waals surface area contributed by atoms with Crippen LogP contribution in [0.15, 0.2) is 132 Å². The van der Waals surface area contributed by atoms with Gasteiger partial charge in [-0.25, -0.2) is 18.6 Å². The summed E-state index contributed by atoms with van der Waals surface area (Å²) >= 11 is 7.55. The minimum Gasteiger partial charge on any atom is -0.378 e. The molecule has 228 valence electrons. The Morgan fingerprint density at radius 1 is 0.682 bits per heavy atom. The number of rotatable bonds is 7. The van der Waals surface area contributed by atoms with Crippen LogP contribution < -0.4 is 39.9 Å². The molecule has 0 aliphatic carbocycles. The molecule has 44 heavy (non-hydrogen) atoms. The Morgan fingerprint density at radius 2 is 1.05 bits per heavy atom. The summed E-state index contributed by atoms with van der Waals surface area (Å²) in [6.07, 6.45) is 0. The summed E-state index contributed by atoms with van der Waals surface area (Å²) in [4.78, 5) is 29.4. The molecule has 0 bridgehead atoms. The molecule has 1 N–H and O–H groups in total. The van der Waals surface area contributed by atoms with Crippen LogP contribution in [0.25, 0.3) is 0 Å². The van der Waals surface area contributed by atoms with E-state index in [1.54, 1.807) is 29.2 Å². The monoisotopic (exact) mass is 654 g/mol. The summed E-state index contributed by atoms with van der Waals surface area (Å²) in [5.74, 6) is -0.711. The van der Waals surface area contributed by atoms with Crippen molar-refractivity contribution in [1.29, 1.82) is 0 Å². The molecule has 1 fully saturated rings. The lowest BCUT2D eigenvalue weighted by molar-refractivity contribution is -2.00. The summed E-state index contributed by atoms with van der Waals surface area (Å²) in [6, 6.07) is 38.9. The van der Waals surface area contributed by atoms with Gasteiger partial charge >= 0.3 is 0 Å². The van der Waals surface area contributed by atoms with Crippen LogP contribution in [0.3, 0.4) is 0 Å². The molecular weight excluding hydrogens is 626 g/mol. The Hall–Kier alpha value is -3.63. The molecule has 4 aromatic rings. The number of hydrogen-bond acceptors (Lipinski definition) is 7. The van der Waals surface area contributed by atoms with Crippen LogP contribution >= 0.6 is 18.9 Å². The van der Waals surface area contributed by atoms with E-state index in [0.29, 0.717) is 36.6 Å². The predicted molar refractivity (Wildman–Crippen MR) is 159 cm³/mol. The third-order valence-electron chi connectivity index (χ3n) is 6.72. The Bertz CT molecular complexity index is 1450. The molecular formula is C32H29Cl2N2O7P. The minimum absolute atomic E-state index is 0.0947. The van der Waals surface area contributed by atoms with Gasteiger partial charge in [-0.2, -0.15) is 0 Å². The van der Waals surface area contributed by atoms with Gasteiger partial charge in [-0.3, -0.25) is 9.59 Å². The van der Waals surface area contributed by atoms with Crippen LogP contribution in [0.1, 0.15) is 10.4 Å². The van der Waals surface area contributed by atoms with Gasteiger partial charge in [0.05, 0.1) is 13.2 Å². The summed E-state index contributed by atoms with van der Waals surface area (Å²) in [5.41, 5.74) is 0.537. The highest BCUT2D eigenvalue weighted by Gasteiger charge is 2.52. The number of amides is 2. The number of nitrogens with one attached hydrogen (secondary N) is 1. The normalized spacial score (nSPS) is 14.1. The smallest absolute Gasteiger partial charge is 0.275 e. The van der Waals surface area contributed by atoms with Crippen LogP contribution in [-0.4, -0.2) is 43.0 Å². The van der Waals surface area contributed by atoms with E-state index in [0.717, 1.165) is 15.9 Å². The van der Waals surface area contributed by atoms with E-state index in [1.807, 2.05) is 97.1 Å². The van der Waals surface area contributed by atoms with Crippen LogP contribution in [-0.2, 0) is 9.53 Å². The standard InChI is InChI=1S/C32H28ClN2O3P.ClHO4/c33-30(29(32(37)35-21-23-38-24-22-35)34-31(36)25-13-5-1-6-14-25)39(26-15-7-2-8-16-26,27-17-9-3-10-18-27)28-19-11-4-12-20-28;2-1(3,4)5/h1-20H,21-24H2;(H,2,3,4,5)/b30-29-;.